The molecular formula is C27H36O3. The third kappa shape index (κ3) is 7.37. The van der Waals surface area contributed by atoms with E-state index in [1.807, 2.05) is 13.0 Å². The van der Waals surface area contributed by atoms with Gasteiger partial charge in [0.25, 0.3) is 0 Å². The molecule has 2 rings (SSSR count). The Hall–Kier alpha value is -2.55. The van der Waals surface area contributed by atoms with Crippen molar-refractivity contribution in [2.45, 2.75) is 78.7 Å². The zero-order chi connectivity index (χ0) is 22.1. The SMILES string of the molecule is CC(C)=CCC/C(C=O)=C/CC/C(C)=C/CCC1(C)C=Cc2cc(O)cc(C)c2O1. The summed E-state index contributed by atoms with van der Waals surface area (Å²) in [6, 6.07) is 3.48. The fourth-order valence-electron chi connectivity index (χ4n) is 3.64. The van der Waals surface area contributed by atoms with Crippen LogP contribution in [0.5, 0.6) is 11.5 Å². The molecule has 0 saturated heterocycles. The average molecular weight is 409 g/mol. The lowest BCUT2D eigenvalue weighted by molar-refractivity contribution is -0.105. The number of fused-ring (bicyclic) bond motifs is 1. The van der Waals surface area contributed by atoms with Crippen molar-refractivity contribution < 1.29 is 14.6 Å². The number of phenolic OH excluding ortho intramolecular Hbond substituents is 1. The summed E-state index contributed by atoms with van der Waals surface area (Å²) in [7, 11) is 0. The van der Waals surface area contributed by atoms with Crippen LogP contribution in [0.2, 0.25) is 0 Å². The number of ether oxygens (including phenoxy) is 1. The summed E-state index contributed by atoms with van der Waals surface area (Å²) in [5.74, 6) is 1.13. The Balaban J connectivity index is 1.84. The van der Waals surface area contributed by atoms with Crippen LogP contribution in [0.15, 0.2) is 53.2 Å². The summed E-state index contributed by atoms with van der Waals surface area (Å²) >= 11 is 0. The average Bonchev–Trinajstić information content (AvgIpc) is 2.67. The van der Waals surface area contributed by atoms with Crippen LogP contribution in [0, 0.1) is 6.92 Å². The van der Waals surface area contributed by atoms with E-state index in [-0.39, 0.29) is 11.4 Å². The van der Waals surface area contributed by atoms with Crippen molar-refractivity contribution in [2.75, 3.05) is 0 Å². The topological polar surface area (TPSA) is 46.5 Å². The summed E-state index contributed by atoms with van der Waals surface area (Å²) in [6.45, 7) is 10.4. The van der Waals surface area contributed by atoms with Gasteiger partial charge in [0.1, 0.15) is 23.4 Å². The number of carbonyl (C=O) groups excluding carboxylic acids is 1. The summed E-state index contributed by atoms with van der Waals surface area (Å²) in [4.78, 5) is 11.2. The van der Waals surface area contributed by atoms with Crippen molar-refractivity contribution in [1.82, 2.24) is 0 Å². The maximum Gasteiger partial charge on any atom is 0.145 e. The normalized spacial score (nSPS) is 18.6. The Morgan fingerprint density at radius 3 is 2.50 bits per heavy atom. The first-order valence-corrected chi connectivity index (χ1v) is 10.9. The summed E-state index contributed by atoms with van der Waals surface area (Å²) < 4.78 is 6.29. The molecule has 0 saturated carbocycles. The van der Waals surface area contributed by atoms with Crippen molar-refractivity contribution in [2.24, 2.45) is 0 Å². The van der Waals surface area contributed by atoms with Crippen molar-refractivity contribution >= 4 is 12.4 Å². The molecule has 1 atom stereocenters. The number of hydrogen-bond donors (Lipinski definition) is 1. The number of rotatable bonds is 10. The second-order valence-electron chi connectivity index (χ2n) is 8.77. The highest BCUT2D eigenvalue weighted by Crippen LogP contribution is 2.38. The van der Waals surface area contributed by atoms with Gasteiger partial charge in [-0.25, -0.2) is 0 Å². The molecule has 0 spiro atoms. The van der Waals surface area contributed by atoms with Crippen molar-refractivity contribution in [3.05, 3.63) is 64.3 Å². The number of aryl methyl sites for hydroxylation is 1. The van der Waals surface area contributed by atoms with E-state index in [1.165, 1.54) is 11.1 Å². The lowest BCUT2D eigenvalue weighted by Crippen LogP contribution is -2.32. The van der Waals surface area contributed by atoms with E-state index in [0.29, 0.717) is 0 Å². The van der Waals surface area contributed by atoms with Gasteiger partial charge < -0.3 is 9.84 Å². The lowest BCUT2D eigenvalue weighted by atomic mass is 9.93. The molecule has 0 aromatic heterocycles. The van der Waals surface area contributed by atoms with E-state index >= 15 is 0 Å². The van der Waals surface area contributed by atoms with Gasteiger partial charge in [-0.3, -0.25) is 4.79 Å². The molecule has 1 unspecified atom stereocenters. The van der Waals surface area contributed by atoms with E-state index in [1.54, 1.807) is 12.1 Å². The fourth-order valence-corrected chi connectivity index (χ4v) is 3.64. The molecule has 1 aliphatic heterocycles. The van der Waals surface area contributed by atoms with E-state index in [4.69, 9.17) is 4.74 Å². The van der Waals surface area contributed by atoms with E-state index in [9.17, 15) is 9.90 Å². The molecule has 3 nitrogen and oxygen atoms in total. The van der Waals surface area contributed by atoms with E-state index in [0.717, 1.165) is 67.3 Å². The van der Waals surface area contributed by atoms with Crippen LogP contribution in [-0.2, 0) is 4.79 Å². The van der Waals surface area contributed by atoms with Crippen LogP contribution in [0.1, 0.15) is 77.3 Å². The van der Waals surface area contributed by atoms with Crippen LogP contribution in [0.25, 0.3) is 6.08 Å². The minimum absolute atomic E-state index is 0.269. The van der Waals surface area contributed by atoms with Gasteiger partial charge in [-0.05, 0) is 102 Å². The predicted octanol–water partition coefficient (Wildman–Crippen LogP) is 7.24. The molecule has 1 heterocycles. The number of allylic oxidation sites excluding steroid dienone is 6. The van der Waals surface area contributed by atoms with Gasteiger partial charge in [-0.1, -0.05) is 35.5 Å². The monoisotopic (exact) mass is 408 g/mol. The largest absolute Gasteiger partial charge is 0.508 e. The third-order valence-corrected chi connectivity index (χ3v) is 5.45. The molecule has 0 fully saturated rings. The number of benzene rings is 1. The molecule has 3 heteroatoms. The standard InChI is InChI=1S/C27H36O3/c1-20(2)9-6-12-23(19-28)13-7-10-21(3)11-8-15-27(5)16-14-24-18-25(29)17-22(4)26(24)30-27/h9,11,13-14,16-19,29H,6-8,10,12,15H2,1-5H3/b21-11+,23-13-. The molecule has 1 aromatic carbocycles. The first kappa shape index (κ1) is 23.7. The summed E-state index contributed by atoms with van der Waals surface area (Å²) in [6.07, 6.45) is 17.1. The zero-order valence-electron chi connectivity index (χ0n) is 19.1. The Morgan fingerprint density at radius 2 is 1.80 bits per heavy atom. The molecule has 162 valence electrons. The van der Waals surface area contributed by atoms with Crippen LogP contribution in [-0.4, -0.2) is 17.0 Å². The van der Waals surface area contributed by atoms with Crippen LogP contribution in [0.3, 0.4) is 0 Å². The van der Waals surface area contributed by atoms with Crippen LogP contribution >= 0.6 is 0 Å². The Labute approximate surface area is 181 Å². The number of phenols is 1. The molecule has 0 aliphatic carbocycles. The van der Waals surface area contributed by atoms with Crippen molar-refractivity contribution in [3.8, 4) is 11.5 Å². The number of aldehydes is 1. The maximum absolute atomic E-state index is 11.2. The molecule has 0 amide bonds. The Kier molecular flexibility index (Phi) is 8.71. The summed E-state index contributed by atoms with van der Waals surface area (Å²) in [5, 5.41) is 9.76. The Bertz CT molecular complexity index is 866. The number of carbonyl (C=O) groups is 1. The molecule has 30 heavy (non-hydrogen) atoms. The molecule has 0 radical (unpaired) electrons. The molecule has 0 bridgehead atoms. The highest BCUT2D eigenvalue weighted by molar-refractivity contribution is 5.73. The van der Waals surface area contributed by atoms with Gasteiger partial charge >= 0.3 is 0 Å². The first-order valence-electron chi connectivity index (χ1n) is 10.9. The van der Waals surface area contributed by atoms with Gasteiger partial charge in [0.15, 0.2) is 0 Å². The number of aromatic hydroxyl groups is 1. The van der Waals surface area contributed by atoms with Gasteiger partial charge in [0, 0.05) is 5.56 Å². The first-order chi connectivity index (χ1) is 14.2. The number of hydrogen-bond acceptors (Lipinski definition) is 3. The van der Waals surface area contributed by atoms with E-state index < -0.39 is 0 Å². The van der Waals surface area contributed by atoms with Gasteiger partial charge in [-0.15, -0.1) is 0 Å². The molecular weight excluding hydrogens is 372 g/mol. The van der Waals surface area contributed by atoms with Gasteiger partial charge in [0.2, 0.25) is 0 Å². The van der Waals surface area contributed by atoms with Crippen LogP contribution < -0.4 is 4.74 Å². The minimum Gasteiger partial charge on any atom is -0.508 e. The van der Waals surface area contributed by atoms with E-state index in [2.05, 4.69) is 52.0 Å². The molecule has 1 aromatic rings. The summed E-state index contributed by atoms with van der Waals surface area (Å²) in [5.41, 5.74) is 5.07. The second kappa shape index (κ2) is 11.0. The maximum atomic E-state index is 11.2. The van der Waals surface area contributed by atoms with Crippen LogP contribution in [0.4, 0.5) is 0 Å². The lowest BCUT2D eigenvalue weighted by Gasteiger charge is -2.32. The van der Waals surface area contributed by atoms with Gasteiger partial charge in [0.05, 0.1) is 0 Å². The molecule has 1 N–H and O–H groups in total. The zero-order valence-corrected chi connectivity index (χ0v) is 19.1. The van der Waals surface area contributed by atoms with Crippen molar-refractivity contribution in [3.63, 3.8) is 0 Å². The molecule has 1 aliphatic rings. The second-order valence-corrected chi connectivity index (χ2v) is 8.77. The quantitative estimate of drug-likeness (QED) is 0.252. The fraction of sp³-hybridized carbons (Fsp3) is 0.444. The Morgan fingerprint density at radius 1 is 1.07 bits per heavy atom. The minimum atomic E-state index is -0.346. The third-order valence-electron chi connectivity index (χ3n) is 5.45. The predicted molar refractivity (Wildman–Crippen MR) is 126 cm³/mol. The highest BCUT2D eigenvalue weighted by atomic mass is 16.5. The smallest absolute Gasteiger partial charge is 0.145 e. The highest BCUT2D eigenvalue weighted by Gasteiger charge is 2.27. The van der Waals surface area contributed by atoms with Gasteiger partial charge in [-0.2, -0.15) is 0 Å². The van der Waals surface area contributed by atoms with Crippen molar-refractivity contribution in [1.29, 1.82) is 0 Å².